The molecule has 0 saturated carbocycles. The number of hydrogen-bond acceptors (Lipinski definition) is 3. The molecule has 0 spiro atoms. The third-order valence-electron chi connectivity index (χ3n) is 2.84. The maximum Gasteiger partial charge on any atom is 0.224 e. The van der Waals surface area contributed by atoms with Crippen molar-refractivity contribution in [3.8, 4) is 0 Å². The Labute approximate surface area is 96.1 Å². The largest absolute Gasteiger partial charge is 0.370 e. The Morgan fingerprint density at radius 2 is 2.19 bits per heavy atom. The van der Waals surface area contributed by atoms with E-state index in [0.717, 1.165) is 19.5 Å². The molecule has 4 N–H and O–H groups in total. The molecule has 0 bridgehead atoms. The van der Waals surface area contributed by atoms with Gasteiger partial charge in [0.25, 0.3) is 0 Å². The second-order valence-corrected chi connectivity index (χ2v) is 4.56. The quantitative estimate of drug-likeness (QED) is 0.559. The number of hydrogen-bond donors (Lipinski definition) is 3. The van der Waals surface area contributed by atoms with Gasteiger partial charge in [0, 0.05) is 19.5 Å². The topological polar surface area (TPSA) is 84.2 Å². The third-order valence-corrected chi connectivity index (χ3v) is 2.84. The summed E-state index contributed by atoms with van der Waals surface area (Å²) in [6.45, 7) is 4.42. The molecule has 5 nitrogen and oxygen atoms in total. The van der Waals surface area contributed by atoms with E-state index in [0.29, 0.717) is 25.3 Å². The normalized spacial score (nSPS) is 25.1. The Bertz CT molecular complexity index is 256. The van der Waals surface area contributed by atoms with Crippen molar-refractivity contribution >= 4 is 11.8 Å². The monoisotopic (exact) mass is 227 g/mol. The summed E-state index contributed by atoms with van der Waals surface area (Å²) in [6, 6.07) is 0. The summed E-state index contributed by atoms with van der Waals surface area (Å²) in [4.78, 5) is 22.2. The van der Waals surface area contributed by atoms with Crippen LogP contribution in [0.3, 0.4) is 0 Å². The highest BCUT2D eigenvalue weighted by molar-refractivity contribution is 5.79. The van der Waals surface area contributed by atoms with Crippen molar-refractivity contribution in [2.45, 2.75) is 26.2 Å². The fourth-order valence-electron chi connectivity index (χ4n) is 1.97. The van der Waals surface area contributed by atoms with E-state index < -0.39 is 0 Å². The SMILES string of the molecule is CC1CNCC(C(=O)NCCCC(N)=O)C1. The summed E-state index contributed by atoms with van der Waals surface area (Å²) >= 11 is 0. The molecule has 0 aromatic rings. The van der Waals surface area contributed by atoms with Gasteiger partial charge in [-0.15, -0.1) is 0 Å². The van der Waals surface area contributed by atoms with Gasteiger partial charge in [-0.1, -0.05) is 6.92 Å². The van der Waals surface area contributed by atoms with Crippen molar-refractivity contribution in [3.05, 3.63) is 0 Å². The molecule has 92 valence electrons. The van der Waals surface area contributed by atoms with Crippen LogP contribution in [0.2, 0.25) is 0 Å². The predicted octanol–water partition coefficient (Wildman–Crippen LogP) is -0.386. The number of nitrogens with one attached hydrogen (secondary N) is 2. The lowest BCUT2D eigenvalue weighted by Crippen LogP contribution is -2.43. The average Bonchev–Trinajstić information content (AvgIpc) is 2.24. The van der Waals surface area contributed by atoms with Crippen LogP contribution in [0.25, 0.3) is 0 Å². The highest BCUT2D eigenvalue weighted by Gasteiger charge is 2.24. The summed E-state index contributed by atoms with van der Waals surface area (Å²) in [5.74, 6) is 0.387. The van der Waals surface area contributed by atoms with Crippen molar-refractivity contribution in [2.24, 2.45) is 17.6 Å². The van der Waals surface area contributed by atoms with Crippen molar-refractivity contribution in [3.63, 3.8) is 0 Å². The number of rotatable bonds is 5. The van der Waals surface area contributed by atoms with Crippen molar-refractivity contribution in [1.29, 1.82) is 0 Å². The Hall–Kier alpha value is -1.10. The molecular weight excluding hydrogens is 206 g/mol. The molecule has 1 heterocycles. The van der Waals surface area contributed by atoms with Crippen LogP contribution in [0.4, 0.5) is 0 Å². The van der Waals surface area contributed by atoms with Gasteiger partial charge < -0.3 is 16.4 Å². The Kier molecular flexibility index (Phi) is 5.25. The first kappa shape index (κ1) is 13.0. The highest BCUT2D eigenvalue weighted by Crippen LogP contribution is 2.15. The molecule has 0 aromatic heterocycles. The van der Waals surface area contributed by atoms with E-state index in [4.69, 9.17) is 5.73 Å². The molecule has 1 fully saturated rings. The van der Waals surface area contributed by atoms with E-state index in [9.17, 15) is 9.59 Å². The van der Waals surface area contributed by atoms with Crippen molar-refractivity contribution in [1.82, 2.24) is 10.6 Å². The van der Waals surface area contributed by atoms with Crippen LogP contribution in [-0.2, 0) is 9.59 Å². The zero-order valence-electron chi connectivity index (χ0n) is 9.79. The minimum Gasteiger partial charge on any atom is -0.370 e. The molecule has 16 heavy (non-hydrogen) atoms. The molecule has 2 atom stereocenters. The summed E-state index contributed by atoms with van der Waals surface area (Å²) < 4.78 is 0. The van der Waals surface area contributed by atoms with Crippen LogP contribution in [0, 0.1) is 11.8 Å². The second kappa shape index (κ2) is 6.48. The first-order valence-electron chi connectivity index (χ1n) is 5.86. The number of nitrogens with two attached hydrogens (primary N) is 1. The maximum atomic E-state index is 11.7. The molecular formula is C11H21N3O2. The fourth-order valence-corrected chi connectivity index (χ4v) is 1.97. The third kappa shape index (κ3) is 4.61. The van der Waals surface area contributed by atoms with Gasteiger partial charge in [0.15, 0.2) is 0 Å². The van der Waals surface area contributed by atoms with Gasteiger partial charge in [-0.2, -0.15) is 0 Å². The number of carbonyl (C=O) groups excluding carboxylic acids is 2. The average molecular weight is 227 g/mol. The molecule has 1 aliphatic rings. The van der Waals surface area contributed by atoms with E-state index in [2.05, 4.69) is 17.6 Å². The maximum absolute atomic E-state index is 11.7. The van der Waals surface area contributed by atoms with Crippen LogP contribution >= 0.6 is 0 Å². The first-order chi connectivity index (χ1) is 7.59. The Morgan fingerprint density at radius 3 is 2.81 bits per heavy atom. The fraction of sp³-hybridized carbons (Fsp3) is 0.818. The van der Waals surface area contributed by atoms with Crippen molar-refractivity contribution in [2.75, 3.05) is 19.6 Å². The molecule has 0 aromatic carbocycles. The van der Waals surface area contributed by atoms with E-state index >= 15 is 0 Å². The van der Waals surface area contributed by atoms with Crippen LogP contribution in [0.15, 0.2) is 0 Å². The molecule has 1 saturated heterocycles. The first-order valence-corrected chi connectivity index (χ1v) is 5.86. The summed E-state index contributed by atoms with van der Waals surface area (Å²) in [5.41, 5.74) is 5.01. The van der Waals surface area contributed by atoms with Gasteiger partial charge >= 0.3 is 0 Å². The lowest BCUT2D eigenvalue weighted by Gasteiger charge is -2.26. The molecule has 5 heteroatoms. The van der Waals surface area contributed by atoms with Gasteiger partial charge in [-0.3, -0.25) is 9.59 Å². The number of amides is 2. The molecule has 1 aliphatic heterocycles. The van der Waals surface area contributed by atoms with E-state index in [-0.39, 0.29) is 17.7 Å². The minimum atomic E-state index is -0.317. The molecule has 0 aliphatic carbocycles. The standard InChI is InChI=1S/C11H21N3O2/c1-8-5-9(7-13-6-8)11(16)14-4-2-3-10(12)15/h8-9,13H,2-7H2,1H3,(H2,12,15)(H,14,16). The van der Waals surface area contributed by atoms with Gasteiger partial charge in [0.2, 0.25) is 11.8 Å². The highest BCUT2D eigenvalue weighted by atomic mass is 16.2. The number of primary amides is 1. The smallest absolute Gasteiger partial charge is 0.224 e. The van der Waals surface area contributed by atoms with Gasteiger partial charge in [-0.25, -0.2) is 0 Å². The Morgan fingerprint density at radius 1 is 1.44 bits per heavy atom. The van der Waals surface area contributed by atoms with E-state index in [1.165, 1.54) is 0 Å². The second-order valence-electron chi connectivity index (χ2n) is 4.56. The lowest BCUT2D eigenvalue weighted by atomic mass is 9.91. The molecule has 2 unspecified atom stereocenters. The van der Waals surface area contributed by atoms with Crippen molar-refractivity contribution < 1.29 is 9.59 Å². The number of piperidine rings is 1. The predicted molar refractivity (Wildman–Crippen MR) is 61.6 cm³/mol. The molecule has 2 amide bonds. The lowest BCUT2D eigenvalue weighted by molar-refractivity contribution is -0.126. The van der Waals surface area contributed by atoms with E-state index in [1.54, 1.807) is 0 Å². The van der Waals surface area contributed by atoms with Crippen LogP contribution in [0.1, 0.15) is 26.2 Å². The Balaban J connectivity index is 2.16. The molecule has 1 rings (SSSR count). The van der Waals surface area contributed by atoms with Gasteiger partial charge in [0.1, 0.15) is 0 Å². The summed E-state index contributed by atoms with van der Waals surface area (Å²) in [5, 5.41) is 6.08. The minimum absolute atomic E-state index is 0.0670. The zero-order valence-corrected chi connectivity index (χ0v) is 9.79. The molecule has 0 radical (unpaired) electrons. The van der Waals surface area contributed by atoms with Crippen LogP contribution < -0.4 is 16.4 Å². The van der Waals surface area contributed by atoms with Gasteiger partial charge in [0.05, 0.1) is 5.92 Å². The van der Waals surface area contributed by atoms with E-state index in [1.807, 2.05) is 0 Å². The summed E-state index contributed by atoms with van der Waals surface area (Å²) in [6.07, 6.45) is 1.89. The summed E-state index contributed by atoms with van der Waals surface area (Å²) in [7, 11) is 0. The van der Waals surface area contributed by atoms with Crippen LogP contribution in [0.5, 0.6) is 0 Å². The van der Waals surface area contributed by atoms with Crippen LogP contribution in [-0.4, -0.2) is 31.4 Å². The number of carbonyl (C=O) groups is 2. The zero-order chi connectivity index (χ0) is 12.0. The van der Waals surface area contributed by atoms with Gasteiger partial charge in [-0.05, 0) is 25.3 Å².